The van der Waals surface area contributed by atoms with Crippen LogP contribution in [-0.4, -0.2) is 10.9 Å². The lowest BCUT2D eigenvalue weighted by Gasteiger charge is -2.03. The highest BCUT2D eigenvalue weighted by Crippen LogP contribution is 2.10. The van der Waals surface area contributed by atoms with E-state index in [1.807, 2.05) is 12.3 Å². The van der Waals surface area contributed by atoms with E-state index in [2.05, 4.69) is 10.3 Å². The monoisotopic (exact) mass is 278 g/mol. The zero-order chi connectivity index (χ0) is 13.8. The third kappa shape index (κ3) is 3.51. The topological polar surface area (TPSA) is 72.2 Å². The molecule has 0 bridgehead atoms. The lowest BCUT2D eigenvalue weighted by Crippen LogP contribution is -2.24. The molecule has 1 amide bonds. The molecule has 6 heteroatoms. The average molecular weight is 278 g/mol. The Bertz CT molecular complexity index is 645. The Hall–Kier alpha value is -1.95. The summed E-state index contributed by atoms with van der Waals surface area (Å²) < 4.78 is 5.20. The van der Waals surface area contributed by atoms with Crippen LogP contribution in [0, 0.1) is 6.92 Å². The van der Waals surface area contributed by atoms with Gasteiger partial charge in [-0.25, -0.2) is 4.98 Å². The summed E-state index contributed by atoms with van der Waals surface area (Å²) in [6.07, 6.45) is 0.880. The Labute approximate surface area is 114 Å². The molecule has 5 nitrogen and oxygen atoms in total. The second-order valence-electron chi connectivity index (χ2n) is 4.04. The Kier molecular flexibility index (Phi) is 4.11. The van der Waals surface area contributed by atoms with Crippen molar-refractivity contribution < 1.29 is 9.21 Å². The minimum Gasteiger partial charge on any atom is -0.456 e. The van der Waals surface area contributed by atoms with Gasteiger partial charge in [-0.1, -0.05) is 6.92 Å². The quantitative estimate of drug-likeness (QED) is 0.927. The summed E-state index contributed by atoms with van der Waals surface area (Å²) in [6, 6.07) is 2.52. The minimum atomic E-state index is -0.410. The van der Waals surface area contributed by atoms with E-state index in [4.69, 9.17) is 4.42 Å². The van der Waals surface area contributed by atoms with Crippen LogP contribution in [0.3, 0.4) is 0 Å². The number of thiazole rings is 1. The van der Waals surface area contributed by atoms with E-state index in [0.29, 0.717) is 12.3 Å². The molecule has 2 aromatic heterocycles. The predicted molar refractivity (Wildman–Crippen MR) is 72.4 cm³/mol. The molecule has 0 fully saturated rings. The Morgan fingerprint density at radius 2 is 2.26 bits per heavy atom. The van der Waals surface area contributed by atoms with Crippen molar-refractivity contribution in [3.63, 3.8) is 0 Å². The predicted octanol–water partition coefficient (Wildman–Crippen LogP) is 1.90. The summed E-state index contributed by atoms with van der Waals surface area (Å²) in [5.74, 6) is 0.0300. The Balaban J connectivity index is 2.03. The van der Waals surface area contributed by atoms with Gasteiger partial charge in [0, 0.05) is 17.5 Å². The Morgan fingerprint density at radius 1 is 1.47 bits per heavy atom. The van der Waals surface area contributed by atoms with Crippen LogP contribution in [0.2, 0.25) is 0 Å². The minimum absolute atomic E-state index is 0.0240. The first-order valence-electron chi connectivity index (χ1n) is 5.91. The van der Waals surface area contributed by atoms with Crippen molar-refractivity contribution in [2.24, 2.45) is 0 Å². The normalized spacial score (nSPS) is 10.4. The van der Waals surface area contributed by atoms with Gasteiger partial charge in [0.2, 0.25) is 0 Å². The van der Waals surface area contributed by atoms with E-state index in [-0.39, 0.29) is 11.2 Å². The summed E-state index contributed by atoms with van der Waals surface area (Å²) >= 11 is 1.57. The molecule has 2 rings (SSSR count). The van der Waals surface area contributed by atoms with Crippen LogP contribution in [-0.2, 0) is 13.0 Å². The molecule has 0 radical (unpaired) electrons. The summed E-state index contributed by atoms with van der Waals surface area (Å²) in [4.78, 5) is 27.5. The lowest BCUT2D eigenvalue weighted by molar-refractivity contribution is 0.0918. The van der Waals surface area contributed by atoms with Gasteiger partial charge in [0.1, 0.15) is 5.76 Å². The molecular formula is C13H14N2O3S. The van der Waals surface area contributed by atoms with E-state index in [9.17, 15) is 9.59 Å². The smallest absolute Gasteiger partial charge is 0.287 e. The highest BCUT2D eigenvalue weighted by molar-refractivity contribution is 7.09. The van der Waals surface area contributed by atoms with Crippen LogP contribution in [0.1, 0.15) is 33.9 Å². The molecule has 100 valence electrons. The fraction of sp³-hybridized carbons (Fsp3) is 0.308. The molecule has 0 unspecified atom stereocenters. The summed E-state index contributed by atoms with van der Waals surface area (Å²) in [7, 11) is 0. The number of amides is 1. The number of carbonyl (C=O) groups is 1. The van der Waals surface area contributed by atoms with Crippen LogP contribution in [0.15, 0.2) is 26.7 Å². The number of rotatable bonds is 4. The van der Waals surface area contributed by atoms with Gasteiger partial charge in [-0.3, -0.25) is 9.59 Å². The van der Waals surface area contributed by atoms with Gasteiger partial charge in [-0.2, -0.15) is 0 Å². The lowest BCUT2D eigenvalue weighted by atomic mass is 10.3. The van der Waals surface area contributed by atoms with Gasteiger partial charge >= 0.3 is 0 Å². The van der Waals surface area contributed by atoms with E-state index in [0.717, 1.165) is 17.1 Å². The second-order valence-corrected chi connectivity index (χ2v) is 4.98. The van der Waals surface area contributed by atoms with Gasteiger partial charge in [0.05, 0.1) is 17.2 Å². The SMILES string of the molecule is CCc1nc(CNC(=O)c2cc(=O)cc(C)o2)cs1. The van der Waals surface area contributed by atoms with E-state index >= 15 is 0 Å². The van der Waals surface area contributed by atoms with E-state index in [1.54, 1.807) is 18.3 Å². The molecular weight excluding hydrogens is 264 g/mol. The highest BCUT2D eigenvalue weighted by Gasteiger charge is 2.10. The number of aromatic nitrogens is 1. The average Bonchev–Trinajstić information content (AvgIpc) is 2.82. The van der Waals surface area contributed by atoms with E-state index < -0.39 is 5.91 Å². The molecule has 0 spiro atoms. The molecule has 0 aromatic carbocycles. The molecule has 1 N–H and O–H groups in total. The molecule has 19 heavy (non-hydrogen) atoms. The fourth-order valence-electron chi connectivity index (χ4n) is 1.57. The van der Waals surface area contributed by atoms with Crippen molar-refractivity contribution >= 4 is 17.2 Å². The van der Waals surface area contributed by atoms with Gasteiger partial charge in [-0.05, 0) is 13.3 Å². The number of carbonyl (C=O) groups excluding carboxylic acids is 1. The molecule has 0 saturated heterocycles. The number of hydrogen-bond donors (Lipinski definition) is 1. The second kappa shape index (κ2) is 5.79. The molecule has 0 aliphatic carbocycles. The van der Waals surface area contributed by atoms with Crippen molar-refractivity contribution in [1.29, 1.82) is 0 Å². The first-order chi connectivity index (χ1) is 9.08. The van der Waals surface area contributed by atoms with Crippen molar-refractivity contribution in [3.05, 3.63) is 50.0 Å². The van der Waals surface area contributed by atoms with Gasteiger partial charge < -0.3 is 9.73 Å². The van der Waals surface area contributed by atoms with Crippen LogP contribution in [0.25, 0.3) is 0 Å². The highest BCUT2D eigenvalue weighted by atomic mass is 32.1. The third-order valence-corrected chi connectivity index (χ3v) is 3.49. The molecule has 0 aliphatic rings. The maximum absolute atomic E-state index is 11.8. The summed E-state index contributed by atoms with van der Waals surface area (Å²) in [6.45, 7) is 3.99. The fourth-order valence-corrected chi connectivity index (χ4v) is 2.31. The van der Waals surface area contributed by atoms with Gasteiger partial charge in [0.25, 0.3) is 5.91 Å². The van der Waals surface area contributed by atoms with Crippen molar-refractivity contribution in [3.8, 4) is 0 Å². The van der Waals surface area contributed by atoms with Crippen LogP contribution < -0.4 is 10.7 Å². The molecule has 0 saturated carbocycles. The standard InChI is InChI=1S/C13H14N2O3S/c1-3-12-15-9(7-19-12)6-14-13(17)11-5-10(16)4-8(2)18-11/h4-5,7H,3,6H2,1-2H3,(H,14,17). The number of nitrogens with zero attached hydrogens (tertiary/aromatic N) is 1. The van der Waals surface area contributed by atoms with Gasteiger partial charge in [-0.15, -0.1) is 11.3 Å². The first kappa shape index (κ1) is 13.5. The zero-order valence-electron chi connectivity index (χ0n) is 10.7. The zero-order valence-corrected chi connectivity index (χ0v) is 11.5. The maximum atomic E-state index is 11.8. The first-order valence-corrected chi connectivity index (χ1v) is 6.79. The summed E-state index contributed by atoms with van der Waals surface area (Å²) in [5.41, 5.74) is 0.570. The molecule has 2 heterocycles. The maximum Gasteiger partial charge on any atom is 0.287 e. The molecule has 0 aliphatic heterocycles. The number of hydrogen-bond acceptors (Lipinski definition) is 5. The largest absolute Gasteiger partial charge is 0.456 e. The van der Waals surface area contributed by atoms with Gasteiger partial charge in [0.15, 0.2) is 11.2 Å². The van der Waals surface area contributed by atoms with Crippen molar-refractivity contribution in [2.45, 2.75) is 26.8 Å². The molecule has 2 aromatic rings. The summed E-state index contributed by atoms with van der Waals surface area (Å²) in [5, 5.41) is 5.62. The number of nitrogens with one attached hydrogen (secondary N) is 1. The van der Waals surface area contributed by atoms with Crippen molar-refractivity contribution in [2.75, 3.05) is 0 Å². The van der Waals surface area contributed by atoms with E-state index in [1.165, 1.54) is 12.1 Å². The van der Waals surface area contributed by atoms with Crippen molar-refractivity contribution in [1.82, 2.24) is 10.3 Å². The van der Waals surface area contributed by atoms with Crippen LogP contribution in [0.5, 0.6) is 0 Å². The third-order valence-electron chi connectivity index (χ3n) is 2.45. The molecule has 0 atom stereocenters. The number of aryl methyl sites for hydroxylation is 2. The van der Waals surface area contributed by atoms with Crippen LogP contribution in [0.4, 0.5) is 0 Å². The Morgan fingerprint density at radius 3 is 2.89 bits per heavy atom. The van der Waals surface area contributed by atoms with Crippen LogP contribution >= 0.6 is 11.3 Å².